The zero-order valence-corrected chi connectivity index (χ0v) is 10.1. The first-order valence-corrected chi connectivity index (χ1v) is 6.13. The molecule has 0 atom stereocenters. The van der Waals surface area contributed by atoms with Crippen molar-refractivity contribution in [2.75, 3.05) is 18.4 Å². The van der Waals surface area contributed by atoms with Crippen LogP contribution in [0.2, 0.25) is 0 Å². The Kier molecular flexibility index (Phi) is 22.6. The smallest absolute Gasteiger partial charge is 0.0431 e. The summed E-state index contributed by atoms with van der Waals surface area (Å²) in [7, 11) is 0. The lowest BCUT2D eigenvalue weighted by atomic mass is 10.1. The minimum atomic E-state index is 0.367. The number of aliphatic hydroxyl groups excluding tert-OH is 1. The van der Waals surface area contributed by atoms with Gasteiger partial charge in [-0.1, -0.05) is 39.0 Å². The van der Waals surface area contributed by atoms with Crippen molar-refractivity contribution in [3.63, 3.8) is 0 Å². The topological polar surface area (TPSA) is 20.2 Å². The molecule has 13 heavy (non-hydrogen) atoms. The van der Waals surface area contributed by atoms with Crippen LogP contribution in [-0.4, -0.2) is 23.5 Å². The van der Waals surface area contributed by atoms with Gasteiger partial charge < -0.3 is 5.11 Å². The first-order valence-electron chi connectivity index (χ1n) is 5.06. The highest BCUT2D eigenvalue weighted by atomic mass is 35.5. The Morgan fingerprint density at radius 3 is 1.69 bits per heavy atom. The van der Waals surface area contributed by atoms with E-state index in [-0.39, 0.29) is 0 Å². The molecule has 0 saturated heterocycles. The quantitative estimate of drug-likeness (QED) is 0.520. The van der Waals surface area contributed by atoms with Crippen LogP contribution in [0.1, 0.15) is 45.4 Å². The van der Waals surface area contributed by atoms with Crippen LogP contribution in [0.3, 0.4) is 0 Å². The van der Waals surface area contributed by atoms with Gasteiger partial charge in [-0.15, -0.1) is 23.2 Å². The Morgan fingerprint density at radius 2 is 1.31 bits per heavy atom. The van der Waals surface area contributed by atoms with Gasteiger partial charge in [-0.05, 0) is 6.42 Å². The molecule has 1 nitrogen and oxygen atoms in total. The lowest BCUT2D eigenvalue weighted by molar-refractivity contribution is 0.282. The van der Waals surface area contributed by atoms with E-state index in [4.69, 9.17) is 28.3 Å². The predicted octanol–water partition coefficient (Wildman–Crippen LogP) is 3.80. The fourth-order valence-corrected chi connectivity index (χ4v) is 0.892. The first-order chi connectivity index (χ1) is 6.33. The molecule has 3 heteroatoms. The van der Waals surface area contributed by atoms with Crippen LogP contribution < -0.4 is 0 Å². The minimum Gasteiger partial charge on any atom is -0.396 e. The standard InChI is InChI=1S/C8H18O.C2H4Cl2/c1-2-3-4-5-6-7-8-9;3-1-2-4/h9H,2-8H2,1H3;1-2H2. The van der Waals surface area contributed by atoms with Crippen LogP contribution in [0, 0.1) is 0 Å². The zero-order chi connectivity index (χ0) is 10.4. The SMILES string of the molecule is CCCCCCCCO.ClCCCl. The molecule has 0 bridgehead atoms. The summed E-state index contributed by atoms with van der Waals surface area (Å²) in [5.74, 6) is 1.11. The summed E-state index contributed by atoms with van der Waals surface area (Å²) in [5.41, 5.74) is 0. The summed E-state index contributed by atoms with van der Waals surface area (Å²) in [4.78, 5) is 0. The van der Waals surface area contributed by atoms with Gasteiger partial charge in [0.25, 0.3) is 0 Å². The number of hydrogen-bond acceptors (Lipinski definition) is 1. The lowest BCUT2D eigenvalue weighted by Crippen LogP contribution is -1.82. The molecule has 0 saturated carbocycles. The molecule has 1 N–H and O–H groups in total. The van der Waals surface area contributed by atoms with Crippen LogP contribution in [0.5, 0.6) is 0 Å². The highest BCUT2D eigenvalue weighted by Crippen LogP contribution is 2.03. The molecule has 0 amide bonds. The van der Waals surface area contributed by atoms with Gasteiger partial charge in [0.1, 0.15) is 0 Å². The Hall–Kier alpha value is 0.540. The van der Waals surface area contributed by atoms with Gasteiger partial charge in [-0.3, -0.25) is 0 Å². The van der Waals surface area contributed by atoms with Crippen molar-refractivity contribution in [2.24, 2.45) is 0 Å². The predicted molar refractivity (Wildman–Crippen MR) is 61.9 cm³/mol. The third-order valence-corrected chi connectivity index (χ3v) is 2.15. The van der Waals surface area contributed by atoms with Crippen LogP contribution >= 0.6 is 23.2 Å². The Bertz CT molecular complexity index is 61.9. The molecule has 0 aliphatic rings. The summed E-state index contributed by atoms with van der Waals surface area (Å²) in [6.07, 6.45) is 7.50. The van der Waals surface area contributed by atoms with Crippen molar-refractivity contribution in [3.05, 3.63) is 0 Å². The number of halogens is 2. The number of alkyl halides is 2. The van der Waals surface area contributed by atoms with Gasteiger partial charge >= 0.3 is 0 Å². The van der Waals surface area contributed by atoms with Gasteiger partial charge in [-0.2, -0.15) is 0 Å². The average molecular weight is 229 g/mol. The lowest BCUT2D eigenvalue weighted by Gasteiger charge is -1.95. The number of rotatable bonds is 7. The molecule has 0 aliphatic heterocycles. The van der Waals surface area contributed by atoms with E-state index in [0.29, 0.717) is 18.4 Å². The van der Waals surface area contributed by atoms with Crippen LogP contribution in [0.15, 0.2) is 0 Å². The second-order valence-electron chi connectivity index (χ2n) is 2.87. The molecule has 0 radical (unpaired) electrons. The molecular formula is C10H22Cl2O. The summed E-state index contributed by atoms with van der Waals surface area (Å²) in [5, 5.41) is 8.42. The first kappa shape index (κ1) is 16.0. The Labute approximate surface area is 92.4 Å². The third kappa shape index (κ3) is 24.5. The number of unbranched alkanes of at least 4 members (excludes halogenated alkanes) is 5. The molecule has 82 valence electrons. The van der Waals surface area contributed by atoms with E-state index in [1.807, 2.05) is 0 Å². The van der Waals surface area contributed by atoms with Crippen molar-refractivity contribution in [1.82, 2.24) is 0 Å². The van der Waals surface area contributed by atoms with Gasteiger partial charge in [-0.25, -0.2) is 0 Å². The maximum Gasteiger partial charge on any atom is 0.0431 e. The molecule has 0 aromatic rings. The molecular weight excluding hydrogens is 207 g/mol. The molecule has 0 heterocycles. The fraction of sp³-hybridized carbons (Fsp3) is 1.00. The number of aliphatic hydroxyl groups is 1. The maximum absolute atomic E-state index is 8.42. The monoisotopic (exact) mass is 228 g/mol. The van der Waals surface area contributed by atoms with Crippen molar-refractivity contribution in [3.8, 4) is 0 Å². The van der Waals surface area contributed by atoms with E-state index in [2.05, 4.69) is 6.92 Å². The van der Waals surface area contributed by atoms with Gasteiger partial charge in [0, 0.05) is 18.4 Å². The Morgan fingerprint density at radius 1 is 0.846 bits per heavy atom. The third-order valence-electron chi connectivity index (χ3n) is 1.58. The zero-order valence-electron chi connectivity index (χ0n) is 8.57. The largest absolute Gasteiger partial charge is 0.396 e. The van der Waals surface area contributed by atoms with E-state index in [1.54, 1.807) is 0 Å². The van der Waals surface area contributed by atoms with Crippen LogP contribution in [-0.2, 0) is 0 Å². The molecule has 0 aromatic heterocycles. The molecule has 0 aromatic carbocycles. The fourth-order valence-electron chi connectivity index (χ4n) is 0.892. The summed E-state index contributed by atoms with van der Waals surface area (Å²) in [6.45, 7) is 2.58. The highest BCUT2D eigenvalue weighted by Gasteiger charge is 1.86. The van der Waals surface area contributed by atoms with E-state index in [9.17, 15) is 0 Å². The van der Waals surface area contributed by atoms with Crippen molar-refractivity contribution >= 4 is 23.2 Å². The maximum atomic E-state index is 8.42. The summed E-state index contributed by atoms with van der Waals surface area (Å²) < 4.78 is 0. The van der Waals surface area contributed by atoms with Gasteiger partial charge in [0.2, 0.25) is 0 Å². The number of hydrogen-bond donors (Lipinski definition) is 1. The second kappa shape index (κ2) is 18.3. The molecule has 0 rings (SSSR count). The van der Waals surface area contributed by atoms with E-state index in [1.165, 1.54) is 32.1 Å². The van der Waals surface area contributed by atoms with Crippen molar-refractivity contribution < 1.29 is 5.11 Å². The van der Waals surface area contributed by atoms with E-state index >= 15 is 0 Å². The molecule has 0 unspecified atom stereocenters. The van der Waals surface area contributed by atoms with Crippen LogP contribution in [0.25, 0.3) is 0 Å². The minimum absolute atomic E-state index is 0.367. The summed E-state index contributed by atoms with van der Waals surface area (Å²) >= 11 is 10.1. The highest BCUT2D eigenvalue weighted by molar-refractivity contribution is 6.25. The molecule has 0 aliphatic carbocycles. The Balaban J connectivity index is 0. The van der Waals surface area contributed by atoms with Crippen LogP contribution in [0.4, 0.5) is 0 Å². The van der Waals surface area contributed by atoms with E-state index in [0.717, 1.165) is 6.42 Å². The van der Waals surface area contributed by atoms with E-state index < -0.39 is 0 Å². The van der Waals surface area contributed by atoms with Crippen molar-refractivity contribution in [1.29, 1.82) is 0 Å². The average Bonchev–Trinajstić information content (AvgIpc) is 2.18. The summed E-state index contributed by atoms with van der Waals surface area (Å²) in [6, 6.07) is 0. The van der Waals surface area contributed by atoms with Crippen molar-refractivity contribution in [2.45, 2.75) is 45.4 Å². The normalized spacial score (nSPS) is 9.23. The van der Waals surface area contributed by atoms with Gasteiger partial charge in [0.05, 0.1) is 0 Å². The molecule has 0 fully saturated rings. The molecule has 0 spiro atoms. The second-order valence-corrected chi connectivity index (χ2v) is 3.63. The van der Waals surface area contributed by atoms with Gasteiger partial charge in [0.15, 0.2) is 0 Å².